The van der Waals surface area contributed by atoms with Crippen LogP contribution in [-0.2, 0) is 16.1 Å². The number of imide groups is 1. The van der Waals surface area contributed by atoms with Gasteiger partial charge in [0.05, 0.1) is 13.1 Å². The molecule has 0 aliphatic carbocycles. The monoisotopic (exact) mass is 333 g/mol. The number of benzene rings is 1. The number of carboxylic acids is 1. The van der Waals surface area contributed by atoms with Gasteiger partial charge in [0.2, 0.25) is 5.91 Å². The minimum atomic E-state index is -1.09. The van der Waals surface area contributed by atoms with E-state index in [2.05, 4.69) is 10.6 Å². The van der Waals surface area contributed by atoms with Gasteiger partial charge in [-0.1, -0.05) is 26.0 Å². The van der Waals surface area contributed by atoms with E-state index in [0.29, 0.717) is 11.1 Å². The van der Waals surface area contributed by atoms with Crippen molar-refractivity contribution in [2.75, 3.05) is 6.54 Å². The van der Waals surface area contributed by atoms with E-state index in [1.165, 1.54) is 12.1 Å². The number of urea groups is 1. The summed E-state index contributed by atoms with van der Waals surface area (Å²) in [4.78, 5) is 47.4. The van der Waals surface area contributed by atoms with E-state index < -0.39 is 23.9 Å². The lowest BCUT2D eigenvalue weighted by Crippen LogP contribution is -2.44. The highest BCUT2D eigenvalue weighted by Crippen LogP contribution is 2.11. The Balaban J connectivity index is 2.03. The van der Waals surface area contributed by atoms with Crippen molar-refractivity contribution in [3.8, 4) is 0 Å². The summed E-state index contributed by atoms with van der Waals surface area (Å²) in [5, 5.41) is 14.0. The fourth-order valence-corrected chi connectivity index (χ4v) is 2.30. The minimum absolute atomic E-state index is 0.00883. The van der Waals surface area contributed by atoms with Crippen LogP contribution in [0.15, 0.2) is 24.3 Å². The van der Waals surface area contributed by atoms with E-state index in [1.807, 2.05) is 0 Å². The lowest BCUT2D eigenvalue weighted by atomic mass is 10.0. The maximum atomic E-state index is 12.1. The SMILES string of the molecule is CC(C)[C@H](NC(=O)c1ccc(CN2C(=O)CNC2=O)cc1)C(=O)O. The number of carbonyl (C=O) groups excluding carboxylic acids is 3. The van der Waals surface area contributed by atoms with Crippen molar-refractivity contribution in [2.24, 2.45) is 5.92 Å². The zero-order chi connectivity index (χ0) is 17.9. The molecule has 1 fully saturated rings. The number of hydrogen-bond donors (Lipinski definition) is 3. The van der Waals surface area contributed by atoms with Crippen LogP contribution < -0.4 is 10.6 Å². The molecule has 1 aliphatic rings. The molecule has 128 valence electrons. The molecule has 0 radical (unpaired) electrons. The van der Waals surface area contributed by atoms with Gasteiger partial charge in [-0.15, -0.1) is 0 Å². The molecule has 2 rings (SSSR count). The number of nitrogens with zero attached hydrogens (tertiary/aromatic N) is 1. The first-order chi connectivity index (χ1) is 11.3. The molecule has 0 unspecified atom stereocenters. The fraction of sp³-hybridized carbons (Fsp3) is 0.375. The zero-order valence-electron chi connectivity index (χ0n) is 13.4. The second kappa shape index (κ2) is 7.12. The molecular formula is C16H19N3O5. The Labute approximate surface area is 138 Å². The summed E-state index contributed by atoms with van der Waals surface area (Å²) < 4.78 is 0. The lowest BCUT2D eigenvalue weighted by molar-refractivity contribution is -0.140. The Morgan fingerprint density at radius 2 is 1.88 bits per heavy atom. The summed E-state index contributed by atoms with van der Waals surface area (Å²) >= 11 is 0. The summed E-state index contributed by atoms with van der Waals surface area (Å²) in [5.74, 6) is -2.13. The van der Waals surface area contributed by atoms with Gasteiger partial charge in [0.25, 0.3) is 5.91 Å². The molecule has 24 heavy (non-hydrogen) atoms. The molecule has 1 heterocycles. The van der Waals surface area contributed by atoms with Gasteiger partial charge in [-0.2, -0.15) is 0 Å². The van der Waals surface area contributed by atoms with E-state index >= 15 is 0 Å². The van der Waals surface area contributed by atoms with Gasteiger partial charge < -0.3 is 15.7 Å². The Morgan fingerprint density at radius 1 is 1.25 bits per heavy atom. The molecule has 0 saturated carbocycles. The van der Waals surface area contributed by atoms with Crippen molar-refractivity contribution >= 4 is 23.8 Å². The summed E-state index contributed by atoms with van der Waals surface area (Å²) in [5.41, 5.74) is 0.999. The largest absolute Gasteiger partial charge is 0.480 e. The molecule has 0 aromatic heterocycles. The molecule has 1 aromatic rings. The normalized spacial score (nSPS) is 15.4. The van der Waals surface area contributed by atoms with Crippen LogP contribution in [0.4, 0.5) is 4.79 Å². The van der Waals surface area contributed by atoms with Crippen LogP contribution in [0, 0.1) is 5.92 Å². The van der Waals surface area contributed by atoms with Crippen LogP contribution in [-0.4, -0.2) is 46.4 Å². The lowest BCUT2D eigenvalue weighted by Gasteiger charge is -2.18. The average Bonchev–Trinajstić information content (AvgIpc) is 2.84. The Bertz CT molecular complexity index is 653. The average molecular weight is 333 g/mol. The molecule has 8 heteroatoms. The number of aliphatic carboxylic acids is 1. The highest BCUT2D eigenvalue weighted by atomic mass is 16.4. The van der Waals surface area contributed by atoms with Crippen LogP contribution in [0.1, 0.15) is 29.8 Å². The van der Waals surface area contributed by atoms with E-state index in [4.69, 9.17) is 5.11 Å². The predicted octanol–water partition coefficient (Wildman–Crippen LogP) is 0.577. The van der Waals surface area contributed by atoms with Crippen molar-refractivity contribution < 1.29 is 24.3 Å². The summed E-state index contributed by atoms with van der Waals surface area (Å²) in [6.45, 7) is 3.53. The maximum Gasteiger partial charge on any atom is 0.326 e. The molecule has 4 amide bonds. The summed E-state index contributed by atoms with van der Waals surface area (Å²) in [6, 6.07) is 4.90. The van der Waals surface area contributed by atoms with Gasteiger partial charge in [0, 0.05) is 5.56 Å². The van der Waals surface area contributed by atoms with E-state index in [-0.39, 0.29) is 24.9 Å². The van der Waals surface area contributed by atoms with Gasteiger partial charge in [0.15, 0.2) is 0 Å². The second-order valence-electron chi connectivity index (χ2n) is 5.87. The highest BCUT2D eigenvalue weighted by Gasteiger charge is 2.28. The number of carboxylic acid groups (broad SMARTS) is 1. The third kappa shape index (κ3) is 3.89. The fourth-order valence-electron chi connectivity index (χ4n) is 2.30. The number of nitrogens with one attached hydrogen (secondary N) is 2. The third-order valence-corrected chi connectivity index (χ3v) is 3.71. The van der Waals surface area contributed by atoms with Crippen molar-refractivity contribution in [1.82, 2.24) is 15.5 Å². The first-order valence-corrected chi connectivity index (χ1v) is 7.50. The maximum absolute atomic E-state index is 12.1. The Hall–Kier alpha value is -2.90. The van der Waals surface area contributed by atoms with Crippen molar-refractivity contribution in [1.29, 1.82) is 0 Å². The van der Waals surface area contributed by atoms with Gasteiger partial charge >= 0.3 is 12.0 Å². The second-order valence-corrected chi connectivity index (χ2v) is 5.87. The topological polar surface area (TPSA) is 116 Å². The number of amides is 4. The minimum Gasteiger partial charge on any atom is -0.480 e. The van der Waals surface area contributed by atoms with Crippen molar-refractivity contribution in [2.45, 2.75) is 26.4 Å². The number of rotatable bonds is 6. The van der Waals surface area contributed by atoms with Crippen molar-refractivity contribution in [3.05, 3.63) is 35.4 Å². The molecule has 0 bridgehead atoms. The van der Waals surface area contributed by atoms with Gasteiger partial charge in [-0.25, -0.2) is 9.59 Å². The molecule has 1 aromatic carbocycles. The number of hydrogen-bond acceptors (Lipinski definition) is 4. The molecule has 1 aliphatic heterocycles. The van der Waals surface area contributed by atoms with Gasteiger partial charge in [-0.05, 0) is 23.6 Å². The van der Waals surface area contributed by atoms with Gasteiger partial charge in [-0.3, -0.25) is 14.5 Å². The van der Waals surface area contributed by atoms with E-state index in [0.717, 1.165) is 4.90 Å². The number of carbonyl (C=O) groups is 4. The Kier molecular flexibility index (Phi) is 5.18. The molecule has 3 N–H and O–H groups in total. The van der Waals surface area contributed by atoms with Crippen LogP contribution in [0.2, 0.25) is 0 Å². The zero-order valence-corrected chi connectivity index (χ0v) is 13.4. The van der Waals surface area contributed by atoms with Crippen LogP contribution in [0.25, 0.3) is 0 Å². The van der Waals surface area contributed by atoms with E-state index in [1.54, 1.807) is 26.0 Å². The first-order valence-electron chi connectivity index (χ1n) is 7.50. The highest BCUT2D eigenvalue weighted by molar-refractivity contribution is 6.02. The van der Waals surface area contributed by atoms with Crippen LogP contribution >= 0.6 is 0 Å². The third-order valence-electron chi connectivity index (χ3n) is 3.71. The quantitative estimate of drug-likeness (QED) is 0.659. The first kappa shape index (κ1) is 17.5. The van der Waals surface area contributed by atoms with E-state index in [9.17, 15) is 19.2 Å². The Morgan fingerprint density at radius 3 is 2.33 bits per heavy atom. The summed E-state index contributed by atoms with van der Waals surface area (Å²) in [6.07, 6.45) is 0. The molecule has 0 spiro atoms. The van der Waals surface area contributed by atoms with Crippen LogP contribution in [0.3, 0.4) is 0 Å². The van der Waals surface area contributed by atoms with Crippen molar-refractivity contribution in [3.63, 3.8) is 0 Å². The molecule has 1 atom stereocenters. The predicted molar refractivity (Wildman–Crippen MR) is 84.1 cm³/mol. The van der Waals surface area contributed by atoms with Crippen LogP contribution in [0.5, 0.6) is 0 Å². The molecule has 1 saturated heterocycles. The standard InChI is InChI=1S/C16H19N3O5/c1-9(2)13(15(22)23)18-14(21)11-5-3-10(4-6-11)8-19-12(20)7-17-16(19)24/h3-6,9,13H,7-8H2,1-2H3,(H,17,24)(H,18,21)(H,22,23)/t13-/m0/s1. The molecule has 8 nitrogen and oxygen atoms in total. The van der Waals surface area contributed by atoms with Gasteiger partial charge in [0.1, 0.15) is 6.04 Å². The molecular weight excluding hydrogens is 314 g/mol. The smallest absolute Gasteiger partial charge is 0.326 e. The summed E-state index contributed by atoms with van der Waals surface area (Å²) in [7, 11) is 0.